The maximum Gasteiger partial charge on any atom is 0.439 e. The molecule has 3 aromatic rings. The zero-order valence-corrected chi connectivity index (χ0v) is 17.6. The summed E-state index contributed by atoms with van der Waals surface area (Å²) in [4.78, 5) is 27.8. The Labute approximate surface area is 174 Å². The topological polar surface area (TPSA) is 115 Å². The molecule has 3 atom stereocenters. The zero-order valence-electron chi connectivity index (χ0n) is 17.6. The Kier molecular flexibility index (Phi) is 5.04. The van der Waals surface area contributed by atoms with E-state index >= 15 is 0 Å². The summed E-state index contributed by atoms with van der Waals surface area (Å²) in [5.74, 6) is 2.82. The average Bonchev–Trinajstić information content (AvgIpc) is 3.41. The smallest absolute Gasteiger partial charge is 0.365 e. The van der Waals surface area contributed by atoms with Crippen molar-refractivity contribution in [2.75, 3.05) is 5.32 Å². The number of nitrogens with zero attached hydrogens (tertiary/aromatic N) is 5. The second-order valence-corrected chi connectivity index (χ2v) is 8.99. The van der Waals surface area contributed by atoms with E-state index in [1.165, 1.54) is 44.9 Å². The molecule has 2 N–H and O–H groups in total. The third-order valence-corrected chi connectivity index (χ3v) is 7.03. The molecule has 3 aromatic heterocycles. The monoisotopic (exact) mass is 411 g/mol. The number of anilines is 1. The van der Waals surface area contributed by atoms with E-state index in [0.717, 1.165) is 23.8 Å². The number of aromatic nitrogens is 6. The number of fused-ring (bicyclic) bond motifs is 1. The van der Waals surface area contributed by atoms with Crippen LogP contribution < -0.4 is 11.1 Å². The van der Waals surface area contributed by atoms with Gasteiger partial charge in [-0.15, -0.1) is 0 Å². The van der Waals surface area contributed by atoms with Gasteiger partial charge in [-0.25, -0.2) is 19.7 Å². The number of rotatable bonds is 7. The van der Waals surface area contributed by atoms with E-state index in [2.05, 4.69) is 48.4 Å². The highest BCUT2D eigenvalue weighted by Gasteiger charge is 2.28. The van der Waals surface area contributed by atoms with Crippen molar-refractivity contribution >= 4 is 17.0 Å². The molecule has 0 amide bonds. The highest BCUT2D eigenvalue weighted by molar-refractivity contribution is 5.85. The number of aromatic amines is 1. The van der Waals surface area contributed by atoms with Crippen molar-refractivity contribution in [3.05, 3.63) is 16.9 Å². The van der Waals surface area contributed by atoms with Crippen molar-refractivity contribution in [3.8, 4) is 11.6 Å². The first kappa shape index (κ1) is 19.3. The predicted octanol–water partition coefficient (Wildman–Crippen LogP) is 3.60. The molecule has 3 heterocycles. The lowest BCUT2D eigenvalue weighted by molar-refractivity contribution is 0.285. The Morgan fingerprint density at radius 2 is 2.10 bits per heavy atom. The van der Waals surface area contributed by atoms with Gasteiger partial charge >= 0.3 is 5.76 Å². The van der Waals surface area contributed by atoms with Gasteiger partial charge < -0.3 is 9.88 Å². The van der Waals surface area contributed by atoms with Crippen LogP contribution in [-0.2, 0) is 6.54 Å². The SMILES string of the molecule is CCC1CCC(Cn2cnc3nc(-c4noc(=O)[nH]4)nc(NC(C)C4CCC4)c32)C1. The molecule has 0 bridgehead atoms. The van der Waals surface area contributed by atoms with Gasteiger partial charge in [0.2, 0.25) is 11.6 Å². The predicted molar refractivity (Wildman–Crippen MR) is 113 cm³/mol. The van der Waals surface area contributed by atoms with Crippen molar-refractivity contribution in [2.45, 2.75) is 71.4 Å². The van der Waals surface area contributed by atoms with Crippen LogP contribution in [0.2, 0.25) is 0 Å². The fraction of sp³-hybridized carbons (Fsp3) is 0.667. The number of H-pyrrole nitrogens is 1. The van der Waals surface area contributed by atoms with Gasteiger partial charge in [-0.3, -0.25) is 9.51 Å². The molecule has 0 radical (unpaired) electrons. The van der Waals surface area contributed by atoms with E-state index in [0.29, 0.717) is 29.3 Å². The molecular weight excluding hydrogens is 382 g/mol. The van der Waals surface area contributed by atoms with E-state index in [1.54, 1.807) is 0 Å². The van der Waals surface area contributed by atoms with Crippen LogP contribution in [-0.4, -0.2) is 35.7 Å². The summed E-state index contributed by atoms with van der Waals surface area (Å²) in [6, 6.07) is 0.306. The van der Waals surface area contributed by atoms with Crippen LogP contribution in [0.4, 0.5) is 5.82 Å². The molecule has 9 heteroatoms. The Morgan fingerprint density at radius 3 is 2.77 bits per heavy atom. The molecule has 30 heavy (non-hydrogen) atoms. The minimum absolute atomic E-state index is 0.220. The van der Waals surface area contributed by atoms with E-state index in [4.69, 9.17) is 4.98 Å². The Morgan fingerprint density at radius 1 is 1.27 bits per heavy atom. The third kappa shape index (κ3) is 3.61. The van der Waals surface area contributed by atoms with Crippen molar-refractivity contribution in [1.29, 1.82) is 0 Å². The van der Waals surface area contributed by atoms with Crippen LogP contribution in [0, 0.1) is 17.8 Å². The van der Waals surface area contributed by atoms with Gasteiger partial charge in [0.1, 0.15) is 5.52 Å². The first-order valence-electron chi connectivity index (χ1n) is 11.2. The van der Waals surface area contributed by atoms with Gasteiger partial charge in [0.15, 0.2) is 11.5 Å². The lowest BCUT2D eigenvalue weighted by atomic mass is 9.80. The summed E-state index contributed by atoms with van der Waals surface area (Å²) < 4.78 is 6.84. The first-order valence-corrected chi connectivity index (χ1v) is 11.2. The van der Waals surface area contributed by atoms with Crippen molar-refractivity contribution in [1.82, 2.24) is 29.7 Å². The van der Waals surface area contributed by atoms with Gasteiger partial charge in [0.25, 0.3) is 0 Å². The lowest BCUT2D eigenvalue weighted by Gasteiger charge is -2.32. The number of hydrogen-bond donors (Lipinski definition) is 2. The molecule has 0 saturated heterocycles. The fourth-order valence-electron chi connectivity index (χ4n) is 4.92. The van der Waals surface area contributed by atoms with E-state index in [1.807, 2.05) is 6.33 Å². The second kappa shape index (κ2) is 7.85. The molecule has 0 aromatic carbocycles. The summed E-state index contributed by atoms with van der Waals surface area (Å²) in [6.07, 6.45) is 10.8. The summed E-state index contributed by atoms with van der Waals surface area (Å²) >= 11 is 0. The second-order valence-electron chi connectivity index (χ2n) is 8.99. The van der Waals surface area contributed by atoms with Gasteiger partial charge in [0, 0.05) is 12.6 Å². The average molecular weight is 412 g/mol. The Bertz CT molecular complexity index is 1080. The maximum atomic E-state index is 11.4. The van der Waals surface area contributed by atoms with Gasteiger partial charge in [-0.2, -0.15) is 0 Å². The summed E-state index contributed by atoms with van der Waals surface area (Å²) in [5, 5.41) is 7.37. The van der Waals surface area contributed by atoms with Crippen molar-refractivity contribution in [2.24, 2.45) is 17.8 Å². The van der Waals surface area contributed by atoms with Crippen LogP contribution in [0.3, 0.4) is 0 Å². The fourth-order valence-corrected chi connectivity index (χ4v) is 4.92. The van der Waals surface area contributed by atoms with Crippen LogP contribution in [0.5, 0.6) is 0 Å². The molecule has 9 nitrogen and oxygen atoms in total. The van der Waals surface area contributed by atoms with Gasteiger partial charge in [0.05, 0.1) is 6.33 Å². The van der Waals surface area contributed by atoms with Crippen LogP contribution in [0.15, 0.2) is 15.6 Å². The minimum atomic E-state index is -0.622. The van der Waals surface area contributed by atoms with Crippen molar-refractivity contribution in [3.63, 3.8) is 0 Å². The summed E-state index contributed by atoms with van der Waals surface area (Å²) in [5.41, 5.74) is 1.54. The van der Waals surface area contributed by atoms with E-state index in [-0.39, 0.29) is 5.82 Å². The van der Waals surface area contributed by atoms with E-state index < -0.39 is 5.76 Å². The van der Waals surface area contributed by atoms with Crippen LogP contribution in [0.1, 0.15) is 58.8 Å². The molecule has 2 aliphatic rings. The van der Waals surface area contributed by atoms with Crippen LogP contribution >= 0.6 is 0 Å². The van der Waals surface area contributed by atoms with E-state index in [9.17, 15) is 4.79 Å². The number of hydrogen-bond acceptors (Lipinski definition) is 7. The quantitative estimate of drug-likeness (QED) is 0.610. The molecule has 0 aliphatic heterocycles. The largest absolute Gasteiger partial charge is 0.439 e. The molecule has 2 saturated carbocycles. The number of imidazole rings is 1. The normalized spacial score (nSPS) is 23.0. The van der Waals surface area contributed by atoms with Gasteiger partial charge in [-0.05, 0) is 50.4 Å². The minimum Gasteiger partial charge on any atom is -0.365 e. The summed E-state index contributed by atoms with van der Waals surface area (Å²) in [6.45, 7) is 5.43. The standard InChI is InChI=1S/C21H29N7O2/c1-3-13-7-8-14(9-13)10-28-11-22-17-16(28)18(23-12(2)15-5-4-6-15)25-19(24-17)20-26-21(29)30-27-20/h11-15H,3-10H2,1-2H3,(H,23,24,25)(H,26,27,29). The lowest BCUT2D eigenvalue weighted by Crippen LogP contribution is -2.31. The van der Waals surface area contributed by atoms with Crippen LogP contribution in [0.25, 0.3) is 22.8 Å². The molecule has 160 valence electrons. The maximum absolute atomic E-state index is 11.4. The summed E-state index contributed by atoms with van der Waals surface area (Å²) in [7, 11) is 0. The zero-order chi connectivity index (χ0) is 20.7. The molecule has 3 unspecified atom stereocenters. The first-order chi connectivity index (χ1) is 14.6. The van der Waals surface area contributed by atoms with Crippen molar-refractivity contribution < 1.29 is 4.52 Å². The van der Waals surface area contributed by atoms with Gasteiger partial charge in [-0.1, -0.05) is 31.3 Å². The molecule has 2 fully saturated rings. The molecule has 0 spiro atoms. The number of nitrogens with one attached hydrogen (secondary N) is 2. The third-order valence-electron chi connectivity index (χ3n) is 7.03. The molecule has 2 aliphatic carbocycles. The highest BCUT2D eigenvalue weighted by atomic mass is 16.5. The Balaban J connectivity index is 1.51. The molecule has 5 rings (SSSR count). The molecular formula is C21H29N7O2. The highest BCUT2D eigenvalue weighted by Crippen LogP contribution is 2.36. The Hall–Kier alpha value is -2.71.